The monoisotopic (exact) mass is 282 g/mol. The maximum absolute atomic E-state index is 12.5. The summed E-state index contributed by atoms with van der Waals surface area (Å²) in [5, 5.41) is 0. The van der Waals surface area contributed by atoms with Crippen LogP contribution in [0.3, 0.4) is 0 Å². The van der Waals surface area contributed by atoms with E-state index in [4.69, 9.17) is 9.47 Å². The Morgan fingerprint density at radius 3 is 2.38 bits per heavy atom. The van der Waals surface area contributed by atoms with E-state index in [9.17, 15) is 4.79 Å². The van der Waals surface area contributed by atoms with Gasteiger partial charge in [0.25, 0.3) is 0 Å². The Morgan fingerprint density at radius 1 is 1.10 bits per heavy atom. The summed E-state index contributed by atoms with van der Waals surface area (Å²) < 4.78 is 10.4. The Balaban J connectivity index is 1.77. The second-order valence-electron chi connectivity index (χ2n) is 5.33. The number of carbonyl (C=O) groups excluding carboxylic acids is 1. The molecule has 0 N–H and O–H groups in total. The highest BCUT2D eigenvalue weighted by atomic mass is 16.5. The molecule has 1 aliphatic rings. The molecule has 0 bridgehead atoms. The highest BCUT2D eigenvalue weighted by molar-refractivity contribution is 5.97. The van der Waals surface area contributed by atoms with E-state index in [1.807, 2.05) is 12.1 Å². The first-order valence-electron chi connectivity index (χ1n) is 7.05. The quantitative estimate of drug-likeness (QED) is 0.786. The van der Waals surface area contributed by atoms with Crippen LogP contribution in [0, 0.1) is 0 Å². The number of Topliss-reactive ketones (excluding diaryl/α,β-unsaturated/α-hetero) is 1. The summed E-state index contributed by atoms with van der Waals surface area (Å²) in [6, 6.07) is 13.6. The molecule has 1 aliphatic carbocycles. The summed E-state index contributed by atoms with van der Waals surface area (Å²) >= 11 is 0. The second kappa shape index (κ2) is 5.60. The zero-order valence-electron chi connectivity index (χ0n) is 12.3. The van der Waals surface area contributed by atoms with Crippen molar-refractivity contribution in [2.24, 2.45) is 0 Å². The van der Waals surface area contributed by atoms with Gasteiger partial charge in [-0.1, -0.05) is 24.3 Å². The fraction of sp³-hybridized carbons (Fsp3) is 0.278. The van der Waals surface area contributed by atoms with Crippen molar-refractivity contribution in [1.82, 2.24) is 0 Å². The summed E-state index contributed by atoms with van der Waals surface area (Å²) in [5.74, 6) is 1.76. The van der Waals surface area contributed by atoms with Crippen LogP contribution < -0.4 is 9.47 Å². The van der Waals surface area contributed by atoms with Crippen molar-refractivity contribution >= 4 is 5.78 Å². The van der Waals surface area contributed by atoms with Crippen LogP contribution >= 0.6 is 0 Å². The van der Waals surface area contributed by atoms with Crippen molar-refractivity contribution in [2.45, 2.75) is 18.8 Å². The first kappa shape index (κ1) is 13.7. The van der Waals surface area contributed by atoms with Crippen molar-refractivity contribution in [1.29, 1.82) is 0 Å². The predicted molar refractivity (Wildman–Crippen MR) is 81.4 cm³/mol. The van der Waals surface area contributed by atoms with E-state index in [1.165, 1.54) is 11.1 Å². The van der Waals surface area contributed by atoms with Crippen molar-refractivity contribution in [3.8, 4) is 11.5 Å². The van der Waals surface area contributed by atoms with E-state index in [0.717, 1.165) is 6.42 Å². The average molecular weight is 282 g/mol. The molecule has 0 spiro atoms. The summed E-state index contributed by atoms with van der Waals surface area (Å²) in [6.45, 7) is 0. The van der Waals surface area contributed by atoms with Gasteiger partial charge in [-0.15, -0.1) is 0 Å². The molecule has 1 atom stereocenters. The zero-order valence-corrected chi connectivity index (χ0v) is 12.3. The van der Waals surface area contributed by atoms with Gasteiger partial charge < -0.3 is 9.47 Å². The van der Waals surface area contributed by atoms with E-state index in [-0.39, 0.29) is 5.78 Å². The van der Waals surface area contributed by atoms with Gasteiger partial charge >= 0.3 is 0 Å². The highest BCUT2D eigenvalue weighted by Gasteiger charge is 2.28. The predicted octanol–water partition coefficient (Wildman–Crippen LogP) is 3.62. The lowest BCUT2D eigenvalue weighted by Gasteiger charge is -2.29. The van der Waals surface area contributed by atoms with Crippen LogP contribution in [0.25, 0.3) is 0 Å². The molecule has 0 fully saturated rings. The van der Waals surface area contributed by atoms with Gasteiger partial charge in [0.2, 0.25) is 0 Å². The van der Waals surface area contributed by atoms with E-state index in [2.05, 4.69) is 12.1 Å². The second-order valence-corrected chi connectivity index (χ2v) is 5.33. The molecule has 0 heterocycles. The van der Waals surface area contributed by atoms with Gasteiger partial charge in [0.15, 0.2) is 5.78 Å². The van der Waals surface area contributed by atoms with Gasteiger partial charge in [0, 0.05) is 18.1 Å². The molecule has 0 amide bonds. The number of rotatable bonds is 5. The van der Waals surface area contributed by atoms with Gasteiger partial charge in [0.05, 0.1) is 14.2 Å². The molecular formula is C18H18O3. The Hall–Kier alpha value is -2.29. The van der Waals surface area contributed by atoms with Crippen LogP contribution in [0.1, 0.15) is 33.8 Å². The van der Waals surface area contributed by atoms with Crippen LogP contribution in [0.15, 0.2) is 42.5 Å². The Morgan fingerprint density at radius 2 is 1.76 bits per heavy atom. The number of hydrogen-bond donors (Lipinski definition) is 0. The SMILES string of the molecule is COc1cc(OC)cc(C(=O)CC2Cc3ccccc32)c1. The van der Waals surface area contributed by atoms with Crippen LogP contribution in [0.2, 0.25) is 0 Å². The molecule has 1 unspecified atom stereocenters. The first-order valence-corrected chi connectivity index (χ1v) is 7.05. The van der Waals surface area contributed by atoms with Crippen LogP contribution in [-0.2, 0) is 6.42 Å². The van der Waals surface area contributed by atoms with Gasteiger partial charge in [-0.05, 0) is 35.6 Å². The van der Waals surface area contributed by atoms with Crippen LogP contribution in [-0.4, -0.2) is 20.0 Å². The summed E-state index contributed by atoms with van der Waals surface area (Å²) in [5.41, 5.74) is 3.31. The number of hydrogen-bond acceptors (Lipinski definition) is 3. The molecule has 0 aliphatic heterocycles. The minimum atomic E-state index is 0.131. The standard InChI is InChI=1S/C18H18O3/c1-20-15-8-14(9-16(11-15)21-2)18(19)10-13-7-12-5-3-4-6-17(12)13/h3-6,8-9,11,13H,7,10H2,1-2H3. The first-order chi connectivity index (χ1) is 10.2. The molecule has 0 aromatic heterocycles. The van der Waals surface area contributed by atoms with Crippen molar-refractivity contribution < 1.29 is 14.3 Å². The normalized spacial score (nSPS) is 15.8. The zero-order chi connectivity index (χ0) is 14.8. The van der Waals surface area contributed by atoms with Crippen molar-refractivity contribution in [3.05, 3.63) is 59.2 Å². The fourth-order valence-electron chi connectivity index (χ4n) is 2.85. The third kappa shape index (κ3) is 2.64. The van der Waals surface area contributed by atoms with Crippen LogP contribution in [0.5, 0.6) is 11.5 Å². The molecule has 3 nitrogen and oxygen atoms in total. The number of ketones is 1. The largest absolute Gasteiger partial charge is 0.497 e. The minimum absolute atomic E-state index is 0.131. The third-order valence-corrected chi connectivity index (χ3v) is 4.07. The van der Waals surface area contributed by atoms with E-state index in [0.29, 0.717) is 29.4 Å². The fourth-order valence-corrected chi connectivity index (χ4v) is 2.85. The molecule has 0 saturated heterocycles. The minimum Gasteiger partial charge on any atom is -0.497 e. The molecule has 0 saturated carbocycles. The number of methoxy groups -OCH3 is 2. The molecule has 2 aromatic carbocycles. The highest BCUT2D eigenvalue weighted by Crippen LogP contribution is 2.38. The number of carbonyl (C=O) groups is 1. The lowest BCUT2D eigenvalue weighted by atomic mass is 9.74. The Kier molecular flexibility index (Phi) is 3.65. The van der Waals surface area contributed by atoms with E-state index < -0.39 is 0 Å². The topological polar surface area (TPSA) is 35.5 Å². The number of ether oxygens (including phenoxy) is 2. The maximum atomic E-state index is 12.5. The molecule has 3 rings (SSSR count). The Bertz CT molecular complexity index is 654. The number of benzene rings is 2. The third-order valence-electron chi connectivity index (χ3n) is 4.07. The van der Waals surface area contributed by atoms with Gasteiger partial charge in [-0.25, -0.2) is 0 Å². The summed E-state index contributed by atoms with van der Waals surface area (Å²) in [4.78, 5) is 12.5. The molecular weight excluding hydrogens is 264 g/mol. The number of fused-ring (bicyclic) bond motifs is 1. The molecule has 108 valence electrons. The van der Waals surface area contributed by atoms with Gasteiger partial charge in [0.1, 0.15) is 11.5 Å². The van der Waals surface area contributed by atoms with Gasteiger partial charge in [-0.3, -0.25) is 4.79 Å². The Labute approximate surface area is 124 Å². The molecule has 0 radical (unpaired) electrons. The van der Waals surface area contributed by atoms with Gasteiger partial charge in [-0.2, -0.15) is 0 Å². The van der Waals surface area contributed by atoms with Crippen molar-refractivity contribution in [2.75, 3.05) is 14.2 Å². The molecule has 21 heavy (non-hydrogen) atoms. The molecule has 2 aromatic rings. The summed E-state index contributed by atoms with van der Waals surface area (Å²) in [7, 11) is 3.18. The lowest BCUT2D eigenvalue weighted by Crippen LogP contribution is -2.20. The molecule has 3 heteroatoms. The van der Waals surface area contributed by atoms with E-state index >= 15 is 0 Å². The summed E-state index contributed by atoms with van der Waals surface area (Å²) in [6.07, 6.45) is 1.52. The van der Waals surface area contributed by atoms with Crippen molar-refractivity contribution in [3.63, 3.8) is 0 Å². The smallest absolute Gasteiger partial charge is 0.163 e. The van der Waals surface area contributed by atoms with E-state index in [1.54, 1.807) is 32.4 Å². The lowest BCUT2D eigenvalue weighted by molar-refractivity contribution is 0.0970. The maximum Gasteiger partial charge on any atom is 0.163 e. The van der Waals surface area contributed by atoms with Crippen LogP contribution in [0.4, 0.5) is 0 Å². The average Bonchev–Trinajstić information content (AvgIpc) is 2.51.